The second-order valence-electron chi connectivity index (χ2n) is 4.11. The molecule has 1 rings (SSSR count). The van der Waals surface area contributed by atoms with Crippen LogP contribution in [0.3, 0.4) is 0 Å². The highest BCUT2D eigenvalue weighted by atomic mass is 16.4. The van der Waals surface area contributed by atoms with E-state index in [9.17, 15) is 5.11 Å². The van der Waals surface area contributed by atoms with Gasteiger partial charge >= 0.3 is 0 Å². The number of piperidine rings is 1. The predicted octanol–water partition coefficient (Wildman–Crippen LogP) is -0.289. The molecule has 0 saturated carbocycles. The molecule has 1 aliphatic rings. The average molecular weight is 203 g/mol. The topological polar surface area (TPSA) is 60.4 Å². The molecule has 1 heterocycles. The summed E-state index contributed by atoms with van der Waals surface area (Å²) in [5, 5.41) is 18.3. The third-order valence-electron chi connectivity index (χ3n) is 2.74. The van der Waals surface area contributed by atoms with Gasteiger partial charge in [0.05, 0.1) is 20.1 Å². The number of likely N-dealkylation sites (tertiary alicyclic amines) is 1. The Morgan fingerprint density at radius 2 is 1.71 bits per heavy atom. The minimum Gasteiger partial charge on any atom is -0.550 e. The van der Waals surface area contributed by atoms with Gasteiger partial charge in [0.1, 0.15) is 0 Å². The zero-order valence-electron chi connectivity index (χ0n) is 9.32. The van der Waals surface area contributed by atoms with Crippen LogP contribution in [0.1, 0.15) is 33.1 Å². The van der Waals surface area contributed by atoms with Crippen molar-refractivity contribution in [2.45, 2.75) is 39.3 Å². The van der Waals surface area contributed by atoms with Crippen LogP contribution in [0.5, 0.6) is 0 Å². The number of aliphatic carboxylic acids is 1. The highest BCUT2D eigenvalue weighted by molar-refractivity contribution is 5.60. The lowest BCUT2D eigenvalue weighted by atomic mass is 10.1. The lowest BCUT2D eigenvalue weighted by molar-refractivity contribution is -0.956. The first-order chi connectivity index (χ1) is 6.38. The fraction of sp³-hybridized carbons (Fsp3) is 0.900. The van der Waals surface area contributed by atoms with Gasteiger partial charge in [-0.3, -0.25) is 0 Å². The zero-order chi connectivity index (χ0) is 11.2. The van der Waals surface area contributed by atoms with E-state index >= 15 is 0 Å². The Hall–Kier alpha value is -0.610. The second kappa shape index (κ2) is 5.98. The molecule has 0 aromatic heterocycles. The van der Waals surface area contributed by atoms with E-state index in [2.05, 4.69) is 7.05 Å². The molecule has 84 valence electrons. The summed E-state index contributed by atoms with van der Waals surface area (Å²) >= 11 is 0. The molecule has 1 N–H and O–H groups in total. The molecule has 0 aromatic rings. The highest BCUT2D eigenvalue weighted by Crippen LogP contribution is 2.18. The SMILES string of the molecule is CC(=O)[O-].CC(O)[N+]1(C)CCCCC1. The van der Waals surface area contributed by atoms with Gasteiger partial charge in [0.2, 0.25) is 0 Å². The van der Waals surface area contributed by atoms with Crippen molar-refractivity contribution in [3.63, 3.8) is 0 Å². The van der Waals surface area contributed by atoms with Crippen molar-refractivity contribution in [1.82, 2.24) is 0 Å². The first-order valence-electron chi connectivity index (χ1n) is 5.08. The van der Waals surface area contributed by atoms with Gasteiger partial charge in [0, 0.05) is 12.9 Å². The molecule has 4 nitrogen and oxygen atoms in total. The number of quaternary nitrogens is 1. The Kier molecular flexibility index (Phi) is 5.72. The smallest absolute Gasteiger partial charge is 0.187 e. The molecule has 1 saturated heterocycles. The summed E-state index contributed by atoms with van der Waals surface area (Å²) in [6.45, 7) is 5.17. The van der Waals surface area contributed by atoms with Crippen LogP contribution in [-0.4, -0.2) is 41.9 Å². The van der Waals surface area contributed by atoms with Gasteiger partial charge in [0.25, 0.3) is 0 Å². The fourth-order valence-corrected chi connectivity index (χ4v) is 1.61. The molecule has 14 heavy (non-hydrogen) atoms. The molecule has 0 amide bonds. The number of aliphatic hydroxyl groups excluding tert-OH is 1. The maximum absolute atomic E-state index is 9.41. The summed E-state index contributed by atoms with van der Waals surface area (Å²) in [6, 6.07) is 0. The van der Waals surface area contributed by atoms with Gasteiger partial charge < -0.3 is 19.5 Å². The summed E-state index contributed by atoms with van der Waals surface area (Å²) < 4.78 is 0.861. The molecule has 1 aliphatic heterocycles. The number of carbonyl (C=O) groups excluding carboxylic acids is 1. The Labute approximate surface area is 85.7 Å². The maximum atomic E-state index is 9.41. The first-order valence-corrected chi connectivity index (χ1v) is 5.08. The highest BCUT2D eigenvalue weighted by Gasteiger charge is 2.28. The molecule has 0 aliphatic carbocycles. The van der Waals surface area contributed by atoms with Crippen LogP contribution < -0.4 is 5.11 Å². The summed E-state index contributed by atoms with van der Waals surface area (Å²) in [5.74, 6) is -1.08. The van der Waals surface area contributed by atoms with Crippen LogP contribution >= 0.6 is 0 Å². The molecule has 0 spiro atoms. The fourth-order valence-electron chi connectivity index (χ4n) is 1.61. The number of rotatable bonds is 1. The van der Waals surface area contributed by atoms with Crippen LogP contribution in [0.15, 0.2) is 0 Å². The van der Waals surface area contributed by atoms with E-state index in [-0.39, 0.29) is 6.23 Å². The van der Waals surface area contributed by atoms with Crippen molar-refractivity contribution in [1.29, 1.82) is 0 Å². The van der Waals surface area contributed by atoms with Gasteiger partial charge in [-0.05, 0) is 26.2 Å². The van der Waals surface area contributed by atoms with Crippen molar-refractivity contribution >= 4 is 5.97 Å². The van der Waals surface area contributed by atoms with Crippen molar-refractivity contribution in [2.24, 2.45) is 0 Å². The normalized spacial score (nSPS) is 21.7. The standard InChI is InChI=1S/C8H18NO.C2H4O2/c1-8(10)9(2)6-4-3-5-7-9;1-2(3)4/h8,10H,3-7H2,1-2H3;1H3,(H,3,4)/q+1;/p-1. The first kappa shape index (κ1) is 13.4. The molecule has 0 aromatic carbocycles. The van der Waals surface area contributed by atoms with E-state index < -0.39 is 5.97 Å². The molecular weight excluding hydrogens is 182 g/mol. The van der Waals surface area contributed by atoms with Crippen molar-refractivity contribution < 1.29 is 19.5 Å². The van der Waals surface area contributed by atoms with E-state index in [4.69, 9.17) is 9.90 Å². The van der Waals surface area contributed by atoms with Crippen LogP contribution in [0.4, 0.5) is 0 Å². The second-order valence-corrected chi connectivity index (χ2v) is 4.11. The summed E-state index contributed by atoms with van der Waals surface area (Å²) in [5.41, 5.74) is 0. The minimum absolute atomic E-state index is 0.180. The average Bonchev–Trinajstić information content (AvgIpc) is 2.04. The number of carboxylic acid groups (broad SMARTS) is 1. The summed E-state index contributed by atoms with van der Waals surface area (Å²) in [6.07, 6.45) is 3.73. The molecule has 1 atom stereocenters. The van der Waals surface area contributed by atoms with Crippen molar-refractivity contribution in [2.75, 3.05) is 20.1 Å². The summed E-state index contributed by atoms with van der Waals surface area (Å²) in [4.78, 5) is 8.89. The molecule has 1 unspecified atom stereocenters. The van der Waals surface area contributed by atoms with Crippen molar-refractivity contribution in [3.8, 4) is 0 Å². The number of carboxylic acids is 1. The lowest BCUT2D eigenvalue weighted by Crippen LogP contribution is -2.53. The lowest BCUT2D eigenvalue weighted by Gasteiger charge is -2.39. The Morgan fingerprint density at radius 3 is 1.93 bits per heavy atom. The molecule has 0 bridgehead atoms. The zero-order valence-corrected chi connectivity index (χ0v) is 9.32. The van der Waals surface area contributed by atoms with Gasteiger partial charge in [-0.15, -0.1) is 0 Å². The number of carbonyl (C=O) groups is 1. The maximum Gasteiger partial charge on any atom is 0.187 e. The Bertz CT molecular complexity index is 170. The molecular formula is C10H21NO3. The van der Waals surface area contributed by atoms with E-state index in [0.717, 1.165) is 24.5 Å². The monoisotopic (exact) mass is 203 g/mol. The summed E-state index contributed by atoms with van der Waals surface area (Å²) in [7, 11) is 2.14. The van der Waals surface area contributed by atoms with Crippen molar-refractivity contribution in [3.05, 3.63) is 0 Å². The molecule has 0 radical (unpaired) electrons. The third-order valence-corrected chi connectivity index (χ3v) is 2.74. The number of nitrogens with zero attached hydrogens (tertiary/aromatic N) is 1. The van der Waals surface area contributed by atoms with E-state index in [1.807, 2.05) is 6.92 Å². The van der Waals surface area contributed by atoms with Gasteiger partial charge in [-0.2, -0.15) is 0 Å². The van der Waals surface area contributed by atoms with E-state index in [1.54, 1.807) is 0 Å². The van der Waals surface area contributed by atoms with Gasteiger partial charge in [-0.25, -0.2) is 0 Å². The quantitative estimate of drug-likeness (QED) is 0.596. The van der Waals surface area contributed by atoms with Gasteiger partial charge in [0.15, 0.2) is 6.23 Å². The molecule has 1 fully saturated rings. The largest absolute Gasteiger partial charge is 0.550 e. The Morgan fingerprint density at radius 1 is 1.36 bits per heavy atom. The van der Waals surface area contributed by atoms with Crippen LogP contribution in [0, 0.1) is 0 Å². The molecule has 4 heteroatoms. The number of hydrogen-bond acceptors (Lipinski definition) is 3. The van der Waals surface area contributed by atoms with E-state index in [0.29, 0.717) is 0 Å². The van der Waals surface area contributed by atoms with Crippen LogP contribution in [-0.2, 0) is 4.79 Å². The van der Waals surface area contributed by atoms with Crippen LogP contribution in [0.2, 0.25) is 0 Å². The minimum atomic E-state index is -1.08. The van der Waals surface area contributed by atoms with E-state index in [1.165, 1.54) is 19.3 Å². The third kappa shape index (κ3) is 5.19. The number of hydrogen-bond donors (Lipinski definition) is 1. The van der Waals surface area contributed by atoms with Crippen LogP contribution in [0.25, 0.3) is 0 Å². The van der Waals surface area contributed by atoms with Gasteiger partial charge in [-0.1, -0.05) is 0 Å². The number of aliphatic hydroxyl groups is 1. The predicted molar refractivity (Wildman–Crippen MR) is 52.1 cm³/mol. The Balaban J connectivity index is 0.000000364.